The fourth-order valence-corrected chi connectivity index (χ4v) is 3.65. The van der Waals surface area contributed by atoms with E-state index < -0.39 is 11.5 Å². The lowest BCUT2D eigenvalue weighted by molar-refractivity contribution is 0.0856. The number of fused-ring (bicyclic) bond motifs is 1. The van der Waals surface area contributed by atoms with Gasteiger partial charge in [0.25, 0.3) is 11.5 Å². The molecule has 0 saturated carbocycles. The maximum absolute atomic E-state index is 12.5. The smallest absolute Gasteiger partial charge is 0.288 e. The van der Waals surface area contributed by atoms with E-state index in [4.69, 9.17) is 4.74 Å². The standard InChI is InChI=1S/C15H21N5O3S/c1-3-19(4-2)15-18-20-13(22)11(9-17-14(20)24-15)12(21)16-8-10-6-5-7-23-10/h9-10H,3-8H2,1-2H3,(H,16,21). The lowest BCUT2D eigenvalue weighted by Gasteiger charge is -2.15. The number of nitrogens with one attached hydrogen (secondary N) is 1. The van der Waals surface area contributed by atoms with Gasteiger partial charge in [-0.3, -0.25) is 9.59 Å². The molecule has 0 aromatic carbocycles. The highest BCUT2D eigenvalue weighted by Gasteiger charge is 2.20. The van der Waals surface area contributed by atoms with Gasteiger partial charge in [-0.15, -0.1) is 5.10 Å². The first-order valence-electron chi connectivity index (χ1n) is 8.17. The number of hydrogen-bond acceptors (Lipinski definition) is 7. The Balaban J connectivity index is 1.82. The van der Waals surface area contributed by atoms with Gasteiger partial charge < -0.3 is 15.0 Å². The largest absolute Gasteiger partial charge is 0.376 e. The van der Waals surface area contributed by atoms with Crippen molar-refractivity contribution in [2.45, 2.75) is 32.8 Å². The van der Waals surface area contributed by atoms with Crippen LogP contribution in [0.25, 0.3) is 4.96 Å². The van der Waals surface area contributed by atoms with E-state index in [9.17, 15) is 9.59 Å². The van der Waals surface area contributed by atoms with Gasteiger partial charge in [-0.05, 0) is 26.7 Å². The quantitative estimate of drug-likeness (QED) is 0.832. The van der Waals surface area contributed by atoms with Gasteiger partial charge in [0.15, 0.2) is 0 Å². The normalized spacial score (nSPS) is 17.3. The van der Waals surface area contributed by atoms with E-state index >= 15 is 0 Å². The van der Waals surface area contributed by atoms with Gasteiger partial charge >= 0.3 is 0 Å². The van der Waals surface area contributed by atoms with Crippen LogP contribution in [0.4, 0.5) is 5.13 Å². The van der Waals surface area contributed by atoms with E-state index in [1.807, 2.05) is 18.7 Å². The van der Waals surface area contributed by atoms with Crippen LogP contribution in [0.5, 0.6) is 0 Å². The van der Waals surface area contributed by atoms with E-state index in [-0.39, 0.29) is 11.7 Å². The molecule has 0 aliphatic carbocycles. The number of rotatable bonds is 6. The molecule has 8 nitrogen and oxygen atoms in total. The summed E-state index contributed by atoms with van der Waals surface area (Å²) < 4.78 is 6.67. The number of amides is 1. The lowest BCUT2D eigenvalue weighted by Crippen LogP contribution is -2.36. The Morgan fingerprint density at radius 1 is 1.50 bits per heavy atom. The number of hydrogen-bond donors (Lipinski definition) is 1. The highest BCUT2D eigenvalue weighted by atomic mass is 32.1. The van der Waals surface area contributed by atoms with Crippen molar-refractivity contribution in [1.82, 2.24) is 19.9 Å². The molecule has 24 heavy (non-hydrogen) atoms. The topological polar surface area (TPSA) is 88.8 Å². The van der Waals surface area contributed by atoms with E-state index in [1.165, 1.54) is 22.0 Å². The third kappa shape index (κ3) is 3.27. The molecule has 3 rings (SSSR count). The predicted molar refractivity (Wildman–Crippen MR) is 92.0 cm³/mol. The molecule has 1 amide bonds. The predicted octanol–water partition coefficient (Wildman–Crippen LogP) is 0.906. The average molecular weight is 351 g/mol. The van der Waals surface area contributed by atoms with Crippen molar-refractivity contribution in [1.29, 1.82) is 0 Å². The first kappa shape index (κ1) is 16.8. The van der Waals surface area contributed by atoms with Crippen molar-refractivity contribution in [3.05, 3.63) is 22.1 Å². The maximum Gasteiger partial charge on any atom is 0.288 e. The molecule has 1 aliphatic rings. The fraction of sp³-hybridized carbons (Fsp3) is 0.600. The van der Waals surface area contributed by atoms with E-state index in [2.05, 4.69) is 15.4 Å². The Morgan fingerprint density at radius 3 is 2.96 bits per heavy atom. The van der Waals surface area contributed by atoms with Gasteiger partial charge in [0.2, 0.25) is 10.1 Å². The van der Waals surface area contributed by atoms with Crippen LogP contribution < -0.4 is 15.8 Å². The van der Waals surface area contributed by atoms with Crippen LogP contribution in [0.3, 0.4) is 0 Å². The monoisotopic (exact) mass is 351 g/mol. The van der Waals surface area contributed by atoms with E-state index in [1.54, 1.807) is 0 Å². The summed E-state index contributed by atoms with van der Waals surface area (Å²) in [6.45, 7) is 6.76. The molecule has 9 heteroatoms. The Morgan fingerprint density at radius 2 is 2.29 bits per heavy atom. The number of nitrogens with zero attached hydrogens (tertiary/aromatic N) is 4. The number of ether oxygens (including phenoxy) is 1. The molecular formula is C15H21N5O3S. The van der Waals surface area contributed by atoms with E-state index in [0.29, 0.717) is 11.5 Å². The summed E-state index contributed by atoms with van der Waals surface area (Å²) in [7, 11) is 0. The maximum atomic E-state index is 12.5. The second kappa shape index (κ2) is 7.27. The Bertz CT molecular complexity index is 777. The van der Waals surface area contributed by atoms with Crippen LogP contribution in [0.2, 0.25) is 0 Å². The minimum absolute atomic E-state index is 0.00175. The third-order valence-electron chi connectivity index (χ3n) is 4.07. The summed E-state index contributed by atoms with van der Waals surface area (Å²) in [5.41, 5.74) is -0.443. The van der Waals surface area contributed by atoms with Gasteiger partial charge in [0, 0.05) is 32.4 Å². The second-order valence-electron chi connectivity index (χ2n) is 5.57. The Labute approximate surface area is 143 Å². The number of carbonyl (C=O) groups is 1. The second-order valence-corrected chi connectivity index (χ2v) is 6.51. The molecule has 2 aromatic rings. The van der Waals surface area contributed by atoms with Crippen LogP contribution in [0.1, 0.15) is 37.0 Å². The van der Waals surface area contributed by atoms with Gasteiger partial charge in [-0.1, -0.05) is 11.3 Å². The molecule has 0 bridgehead atoms. The molecule has 0 spiro atoms. The van der Waals surface area contributed by atoms with Crippen molar-refractivity contribution in [3.8, 4) is 0 Å². The van der Waals surface area contributed by atoms with Crippen molar-refractivity contribution in [2.75, 3.05) is 31.1 Å². The summed E-state index contributed by atoms with van der Waals surface area (Å²) >= 11 is 1.34. The summed E-state index contributed by atoms with van der Waals surface area (Å²) in [5.74, 6) is -0.435. The molecule has 2 aromatic heterocycles. The average Bonchev–Trinajstić information content (AvgIpc) is 3.24. The van der Waals surface area contributed by atoms with Gasteiger partial charge in [-0.2, -0.15) is 4.52 Å². The molecule has 1 atom stereocenters. The summed E-state index contributed by atoms with van der Waals surface area (Å²) in [4.78, 5) is 31.5. The highest BCUT2D eigenvalue weighted by Crippen LogP contribution is 2.20. The van der Waals surface area contributed by atoms with Crippen molar-refractivity contribution in [3.63, 3.8) is 0 Å². The summed E-state index contributed by atoms with van der Waals surface area (Å²) in [6, 6.07) is 0. The van der Waals surface area contributed by atoms with Crippen molar-refractivity contribution in [2.24, 2.45) is 0 Å². The van der Waals surface area contributed by atoms with Gasteiger partial charge in [-0.25, -0.2) is 4.98 Å². The van der Waals surface area contributed by atoms with Crippen LogP contribution in [0, 0.1) is 0 Å². The van der Waals surface area contributed by atoms with Crippen LogP contribution in [-0.4, -0.2) is 52.9 Å². The lowest BCUT2D eigenvalue weighted by atomic mass is 10.2. The van der Waals surface area contributed by atoms with Crippen molar-refractivity contribution < 1.29 is 9.53 Å². The van der Waals surface area contributed by atoms with Crippen LogP contribution in [0.15, 0.2) is 11.0 Å². The molecule has 130 valence electrons. The van der Waals surface area contributed by atoms with Gasteiger partial charge in [0.05, 0.1) is 6.10 Å². The fourth-order valence-electron chi connectivity index (χ4n) is 2.66. The van der Waals surface area contributed by atoms with E-state index in [0.717, 1.165) is 37.7 Å². The molecule has 1 unspecified atom stereocenters. The Kier molecular flexibility index (Phi) is 5.10. The zero-order chi connectivity index (χ0) is 17.1. The molecule has 1 saturated heterocycles. The molecule has 3 heterocycles. The SMILES string of the molecule is CCN(CC)c1nn2c(=O)c(C(=O)NCC3CCCO3)cnc2s1. The third-order valence-corrected chi connectivity index (χ3v) is 5.05. The Hall–Kier alpha value is -2.00. The van der Waals surface area contributed by atoms with Gasteiger partial charge in [0.1, 0.15) is 5.56 Å². The summed E-state index contributed by atoms with van der Waals surface area (Å²) in [6.07, 6.45) is 3.29. The highest BCUT2D eigenvalue weighted by molar-refractivity contribution is 7.20. The molecule has 1 aliphatic heterocycles. The zero-order valence-electron chi connectivity index (χ0n) is 13.8. The first-order valence-corrected chi connectivity index (χ1v) is 8.99. The minimum Gasteiger partial charge on any atom is -0.376 e. The van der Waals surface area contributed by atoms with Crippen LogP contribution >= 0.6 is 11.3 Å². The molecule has 1 fully saturated rings. The first-order chi connectivity index (χ1) is 11.6. The molecule has 1 N–H and O–H groups in total. The molecular weight excluding hydrogens is 330 g/mol. The zero-order valence-corrected chi connectivity index (χ0v) is 14.6. The number of aromatic nitrogens is 3. The number of anilines is 1. The van der Waals surface area contributed by atoms with Crippen LogP contribution in [-0.2, 0) is 4.74 Å². The molecule has 0 radical (unpaired) electrons. The minimum atomic E-state index is -0.445. The number of carbonyl (C=O) groups excluding carboxylic acids is 1. The summed E-state index contributed by atoms with van der Waals surface area (Å²) in [5, 5.41) is 7.79. The van der Waals surface area contributed by atoms with Crippen molar-refractivity contribution >= 4 is 27.3 Å².